The van der Waals surface area contributed by atoms with Gasteiger partial charge < -0.3 is 19.8 Å². The Bertz CT molecular complexity index is 329. The number of aliphatic carboxylic acids is 1. The van der Waals surface area contributed by atoms with E-state index in [-0.39, 0.29) is 31.4 Å². The number of hydrogen-bond donors (Lipinski definition) is 2. The van der Waals surface area contributed by atoms with Gasteiger partial charge in [-0.3, -0.25) is 9.59 Å². The van der Waals surface area contributed by atoms with Gasteiger partial charge in [-0.25, -0.2) is 4.79 Å². The molecule has 1 fully saturated rings. The number of aliphatic hydroxyl groups is 1. The number of rotatable bonds is 5. The lowest BCUT2D eigenvalue weighted by molar-refractivity contribution is -0.155. The van der Waals surface area contributed by atoms with Crippen molar-refractivity contribution in [2.24, 2.45) is 5.92 Å². The Morgan fingerprint density at radius 3 is 2.65 bits per heavy atom. The Morgan fingerprint density at radius 1 is 1.59 bits per heavy atom. The molecule has 0 aromatic rings. The van der Waals surface area contributed by atoms with Gasteiger partial charge in [-0.15, -0.1) is 0 Å². The number of carbonyl (C=O) groups excluding carboxylic acids is 2. The quantitative estimate of drug-likeness (QED) is 0.592. The summed E-state index contributed by atoms with van der Waals surface area (Å²) in [6.07, 6.45) is -0.361. The molecule has 0 bridgehead atoms. The molecule has 0 aliphatic carbocycles. The van der Waals surface area contributed by atoms with Gasteiger partial charge in [0.1, 0.15) is 6.04 Å². The fourth-order valence-corrected chi connectivity index (χ4v) is 1.85. The monoisotopic (exact) mass is 245 g/mol. The van der Waals surface area contributed by atoms with Crippen molar-refractivity contribution in [3.05, 3.63) is 0 Å². The summed E-state index contributed by atoms with van der Waals surface area (Å²) in [5.41, 5.74) is 0. The van der Waals surface area contributed by atoms with Crippen molar-refractivity contribution in [1.29, 1.82) is 0 Å². The third-order valence-corrected chi connectivity index (χ3v) is 2.71. The molecule has 1 aliphatic heterocycles. The zero-order valence-electron chi connectivity index (χ0n) is 9.46. The molecule has 2 atom stereocenters. The SMILES string of the molecule is COC(=O)[C@@H](CC(=O)O)N1CC(CO)CC1=O. The molecular weight excluding hydrogens is 230 g/mol. The average Bonchev–Trinajstić information content (AvgIpc) is 2.66. The van der Waals surface area contributed by atoms with E-state index in [0.717, 1.165) is 7.11 Å². The smallest absolute Gasteiger partial charge is 0.329 e. The van der Waals surface area contributed by atoms with Gasteiger partial charge >= 0.3 is 11.9 Å². The Morgan fingerprint density at radius 2 is 2.24 bits per heavy atom. The van der Waals surface area contributed by atoms with E-state index in [1.165, 1.54) is 4.90 Å². The highest BCUT2D eigenvalue weighted by atomic mass is 16.5. The van der Waals surface area contributed by atoms with Crippen molar-refractivity contribution in [2.75, 3.05) is 20.3 Å². The summed E-state index contributed by atoms with van der Waals surface area (Å²) in [4.78, 5) is 34.9. The number of hydrogen-bond acceptors (Lipinski definition) is 5. The second kappa shape index (κ2) is 5.62. The number of ether oxygens (including phenoxy) is 1. The van der Waals surface area contributed by atoms with Gasteiger partial charge in [0.2, 0.25) is 5.91 Å². The van der Waals surface area contributed by atoms with Crippen molar-refractivity contribution in [2.45, 2.75) is 18.9 Å². The van der Waals surface area contributed by atoms with Crippen LogP contribution < -0.4 is 0 Å². The Balaban J connectivity index is 2.79. The summed E-state index contributed by atoms with van der Waals surface area (Å²) in [5, 5.41) is 17.7. The minimum absolute atomic E-state index is 0.129. The zero-order chi connectivity index (χ0) is 13.0. The molecule has 1 aliphatic rings. The molecule has 0 spiro atoms. The van der Waals surface area contributed by atoms with Crippen LogP contribution in [0.3, 0.4) is 0 Å². The molecule has 0 saturated carbocycles. The maximum Gasteiger partial charge on any atom is 0.329 e. The highest BCUT2D eigenvalue weighted by Gasteiger charge is 2.38. The maximum atomic E-state index is 11.6. The molecule has 96 valence electrons. The summed E-state index contributed by atoms with van der Waals surface area (Å²) in [5.74, 6) is -2.51. The lowest BCUT2D eigenvalue weighted by atomic mass is 10.1. The first kappa shape index (κ1) is 13.4. The predicted octanol–water partition coefficient (Wildman–Crippen LogP) is -1.16. The van der Waals surface area contributed by atoms with Gasteiger partial charge in [-0.2, -0.15) is 0 Å². The lowest BCUT2D eigenvalue weighted by Crippen LogP contribution is -2.44. The minimum Gasteiger partial charge on any atom is -0.481 e. The van der Waals surface area contributed by atoms with E-state index < -0.39 is 24.4 Å². The third kappa shape index (κ3) is 3.16. The molecule has 0 aromatic heterocycles. The summed E-state index contributed by atoms with van der Waals surface area (Å²) in [6, 6.07) is -1.11. The maximum absolute atomic E-state index is 11.6. The fraction of sp³-hybridized carbons (Fsp3) is 0.700. The number of aliphatic hydroxyl groups excluding tert-OH is 1. The molecule has 1 unspecified atom stereocenters. The van der Waals surface area contributed by atoms with Crippen LogP contribution in [0.2, 0.25) is 0 Å². The van der Waals surface area contributed by atoms with Crippen molar-refractivity contribution < 1.29 is 29.3 Å². The molecule has 1 heterocycles. The van der Waals surface area contributed by atoms with Gasteiger partial charge in [0.25, 0.3) is 0 Å². The van der Waals surface area contributed by atoms with E-state index in [1.54, 1.807) is 0 Å². The molecule has 0 aromatic carbocycles. The van der Waals surface area contributed by atoms with Crippen LogP contribution in [0.4, 0.5) is 0 Å². The van der Waals surface area contributed by atoms with E-state index in [2.05, 4.69) is 4.74 Å². The van der Waals surface area contributed by atoms with Crippen molar-refractivity contribution in [1.82, 2.24) is 4.90 Å². The Hall–Kier alpha value is -1.63. The van der Waals surface area contributed by atoms with Crippen LogP contribution >= 0.6 is 0 Å². The largest absolute Gasteiger partial charge is 0.481 e. The first-order valence-corrected chi connectivity index (χ1v) is 5.19. The fourth-order valence-electron chi connectivity index (χ4n) is 1.85. The number of amides is 1. The number of nitrogens with zero attached hydrogens (tertiary/aromatic N) is 1. The van der Waals surface area contributed by atoms with E-state index in [1.807, 2.05) is 0 Å². The minimum atomic E-state index is -1.18. The summed E-state index contributed by atoms with van der Waals surface area (Å²) in [7, 11) is 1.14. The number of methoxy groups -OCH3 is 1. The van der Waals surface area contributed by atoms with Crippen LogP contribution in [0.25, 0.3) is 0 Å². The molecule has 1 amide bonds. The average molecular weight is 245 g/mol. The van der Waals surface area contributed by atoms with Gasteiger partial charge in [-0.05, 0) is 0 Å². The first-order chi connectivity index (χ1) is 7.99. The second-order valence-corrected chi connectivity index (χ2v) is 3.94. The molecule has 1 saturated heterocycles. The van der Waals surface area contributed by atoms with Gasteiger partial charge in [0.05, 0.1) is 13.5 Å². The molecule has 0 radical (unpaired) electrons. The number of esters is 1. The van der Waals surface area contributed by atoms with E-state index in [9.17, 15) is 14.4 Å². The van der Waals surface area contributed by atoms with E-state index in [0.29, 0.717) is 0 Å². The van der Waals surface area contributed by atoms with Crippen molar-refractivity contribution in [3.8, 4) is 0 Å². The third-order valence-electron chi connectivity index (χ3n) is 2.71. The van der Waals surface area contributed by atoms with E-state index >= 15 is 0 Å². The van der Waals surface area contributed by atoms with Gasteiger partial charge in [0.15, 0.2) is 0 Å². The van der Waals surface area contributed by atoms with Crippen LogP contribution in [0.1, 0.15) is 12.8 Å². The number of carboxylic acid groups (broad SMARTS) is 1. The first-order valence-electron chi connectivity index (χ1n) is 5.19. The highest BCUT2D eigenvalue weighted by Crippen LogP contribution is 2.21. The summed E-state index contributed by atoms with van der Waals surface area (Å²) < 4.78 is 4.48. The van der Waals surface area contributed by atoms with Crippen molar-refractivity contribution in [3.63, 3.8) is 0 Å². The zero-order valence-corrected chi connectivity index (χ0v) is 9.46. The normalized spacial score (nSPS) is 21.4. The highest BCUT2D eigenvalue weighted by molar-refractivity contribution is 5.88. The predicted molar refractivity (Wildman–Crippen MR) is 55.0 cm³/mol. The van der Waals surface area contributed by atoms with Crippen LogP contribution in [-0.2, 0) is 19.1 Å². The number of carboxylic acids is 1. The molecule has 7 nitrogen and oxygen atoms in total. The van der Waals surface area contributed by atoms with Crippen molar-refractivity contribution >= 4 is 17.8 Å². The molecule has 1 rings (SSSR count). The molecule has 17 heavy (non-hydrogen) atoms. The summed E-state index contributed by atoms with van der Waals surface area (Å²) >= 11 is 0. The number of likely N-dealkylation sites (tertiary alicyclic amines) is 1. The van der Waals surface area contributed by atoms with Gasteiger partial charge in [-0.1, -0.05) is 0 Å². The number of carbonyl (C=O) groups is 3. The lowest BCUT2D eigenvalue weighted by Gasteiger charge is -2.24. The Kier molecular flexibility index (Phi) is 4.45. The summed E-state index contributed by atoms with van der Waals surface area (Å²) in [6.45, 7) is 0.0194. The topological polar surface area (TPSA) is 104 Å². The van der Waals surface area contributed by atoms with Crippen LogP contribution in [-0.4, -0.2) is 59.3 Å². The standard InChI is InChI=1S/C10H15NO6/c1-17-10(16)7(3-9(14)15)11-4-6(5-12)2-8(11)13/h6-7,12H,2-5H2,1H3,(H,14,15)/t6?,7-/m1/s1. The van der Waals surface area contributed by atoms with Gasteiger partial charge in [0, 0.05) is 25.5 Å². The molecule has 2 N–H and O–H groups in total. The Labute approximate surface area is 98.0 Å². The molecule has 7 heteroatoms. The second-order valence-electron chi connectivity index (χ2n) is 3.94. The van der Waals surface area contributed by atoms with Crippen LogP contribution in [0.15, 0.2) is 0 Å². The van der Waals surface area contributed by atoms with E-state index in [4.69, 9.17) is 10.2 Å². The van der Waals surface area contributed by atoms with Crippen LogP contribution in [0, 0.1) is 5.92 Å². The van der Waals surface area contributed by atoms with Crippen LogP contribution in [0.5, 0.6) is 0 Å². The molecular formula is C10H15NO6.